The van der Waals surface area contributed by atoms with Gasteiger partial charge >= 0.3 is 0 Å². The van der Waals surface area contributed by atoms with Gasteiger partial charge in [-0.25, -0.2) is 9.07 Å². The summed E-state index contributed by atoms with van der Waals surface area (Å²) in [6.07, 6.45) is 1.19. The van der Waals surface area contributed by atoms with Crippen molar-refractivity contribution in [3.8, 4) is 11.4 Å². The lowest BCUT2D eigenvalue weighted by molar-refractivity contribution is -0.118. The molecule has 7 heteroatoms. The molecule has 4 aromatic rings. The Labute approximate surface area is 196 Å². The number of nitrogens with one attached hydrogen (secondary N) is 1. The maximum atomic E-state index is 13.3. The van der Waals surface area contributed by atoms with Gasteiger partial charge in [0.05, 0.1) is 23.4 Å². The van der Waals surface area contributed by atoms with Gasteiger partial charge in [-0.3, -0.25) is 4.79 Å². The number of fused-ring (bicyclic) bond motifs is 1. The molecule has 0 fully saturated rings. The van der Waals surface area contributed by atoms with E-state index in [1.165, 1.54) is 12.1 Å². The standard InChI is InChI=1S/C26H23ClFN3O2/c1-16(2)26(32)30-17(3)25(22-6-4-5-7-23(22)27)33-21-12-13-24-18(14-21)15-29-31(24)20-10-8-19(28)9-11-20/h4-15,17,25H,1H2,2-3H3,(H,30,32)/t17-,25-/m0/s1. The second kappa shape index (κ2) is 9.46. The fraction of sp³-hybridized carbons (Fsp3) is 0.154. The van der Waals surface area contributed by atoms with Crippen molar-refractivity contribution in [2.45, 2.75) is 26.0 Å². The lowest BCUT2D eigenvalue weighted by Gasteiger charge is -2.27. The fourth-order valence-electron chi connectivity index (χ4n) is 3.57. The second-order valence-corrected chi connectivity index (χ2v) is 8.26. The summed E-state index contributed by atoms with van der Waals surface area (Å²) in [6, 6.07) is 18.7. The molecule has 0 saturated heterocycles. The van der Waals surface area contributed by atoms with E-state index in [9.17, 15) is 9.18 Å². The molecule has 0 aliphatic carbocycles. The minimum absolute atomic E-state index is 0.251. The number of rotatable bonds is 7. The first-order valence-electron chi connectivity index (χ1n) is 10.4. The molecule has 0 radical (unpaired) electrons. The summed E-state index contributed by atoms with van der Waals surface area (Å²) in [5.74, 6) is 0.0473. The third-order valence-electron chi connectivity index (χ3n) is 5.29. The molecule has 1 aromatic heterocycles. The number of aromatic nitrogens is 2. The van der Waals surface area contributed by atoms with E-state index in [1.807, 2.05) is 43.3 Å². The van der Waals surface area contributed by atoms with Gasteiger partial charge < -0.3 is 10.1 Å². The Balaban J connectivity index is 1.66. The lowest BCUT2D eigenvalue weighted by Crippen LogP contribution is -2.39. The summed E-state index contributed by atoms with van der Waals surface area (Å²) >= 11 is 6.46. The van der Waals surface area contributed by atoms with Crippen LogP contribution >= 0.6 is 11.6 Å². The number of hydrogen-bond acceptors (Lipinski definition) is 3. The SMILES string of the molecule is C=C(C)C(=O)N[C@@H](C)[C@H](Oc1ccc2c(cnn2-c2ccc(F)cc2)c1)c1ccccc1Cl. The number of carbonyl (C=O) groups is 1. The van der Waals surface area contributed by atoms with Crippen LogP contribution in [0.3, 0.4) is 0 Å². The summed E-state index contributed by atoms with van der Waals surface area (Å²) in [6.45, 7) is 7.21. The molecular formula is C26H23ClFN3O2. The van der Waals surface area contributed by atoms with Gasteiger partial charge in [-0.1, -0.05) is 36.4 Å². The van der Waals surface area contributed by atoms with Crippen LogP contribution in [0.15, 0.2) is 85.1 Å². The summed E-state index contributed by atoms with van der Waals surface area (Å²) in [5.41, 5.74) is 2.78. The molecule has 0 aliphatic heterocycles. The summed E-state index contributed by atoms with van der Waals surface area (Å²) in [4.78, 5) is 12.2. The van der Waals surface area contributed by atoms with Crippen molar-refractivity contribution in [1.29, 1.82) is 0 Å². The summed E-state index contributed by atoms with van der Waals surface area (Å²) in [7, 11) is 0. The lowest BCUT2D eigenvalue weighted by atomic mass is 10.0. The maximum absolute atomic E-state index is 13.3. The van der Waals surface area contributed by atoms with E-state index in [0.717, 1.165) is 22.2 Å². The van der Waals surface area contributed by atoms with E-state index in [-0.39, 0.29) is 17.8 Å². The van der Waals surface area contributed by atoms with Gasteiger partial charge in [-0.2, -0.15) is 5.10 Å². The molecule has 0 bridgehead atoms. The fourth-order valence-corrected chi connectivity index (χ4v) is 3.81. The number of amides is 1. The highest BCUT2D eigenvalue weighted by molar-refractivity contribution is 6.31. The minimum Gasteiger partial charge on any atom is -0.484 e. The largest absolute Gasteiger partial charge is 0.484 e. The van der Waals surface area contributed by atoms with Gasteiger partial charge in [-0.05, 0) is 62.4 Å². The first kappa shape index (κ1) is 22.6. The topological polar surface area (TPSA) is 56.1 Å². The van der Waals surface area contributed by atoms with Crippen LogP contribution in [-0.4, -0.2) is 21.7 Å². The zero-order valence-electron chi connectivity index (χ0n) is 18.3. The van der Waals surface area contributed by atoms with Crippen molar-refractivity contribution in [2.24, 2.45) is 0 Å². The Morgan fingerprint density at radius 3 is 2.58 bits per heavy atom. The molecule has 3 aromatic carbocycles. The third-order valence-corrected chi connectivity index (χ3v) is 5.63. The highest BCUT2D eigenvalue weighted by Gasteiger charge is 2.25. The van der Waals surface area contributed by atoms with E-state index in [0.29, 0.717) is 16.3 Å². The van der Waals surface area contributed by atoms with Crippen LogP contribution in [0.5, 0.6) is 5.75 Å². The number of carbonyl (C=O) groups excluding carboxylic acids is 1. The first-order valence-corrected chi connectivity index (χ1v) is 10.8. The molecule has 2 atom stereocenters. The smallest absolute Gasteiger partial charge is 0.246 e. The summed E-state index contributed by atoms with van der Waals surface area (Å²) in [5, 5.41) is 8.76. The van der Waals surface area contributed by atoms with Crippen molar-refractivity contribution in [3.05, 3.63) is 101 Å². The normalized spacial score (nSPS) is 12.8. The van der Waals surface area contributed by atoms with Crippen molar-refractivity contribution >= 4 is 28.4 Å². The molecule has 5 nitrogen and oxygen atoms in total. The van der Waals surface area contributed by atoms with Crippen molar-refractivity contribution in [1.82, 2.24) is 15.1 Å². The molecule has 0 saturated carbocycles. The molecule has 1 amide bonds. The van der Waals surface area contributed by atoms with E-state index < -0.39 is 6.10 Å². The predicted molar refractivity (Wildman–Crippen MR) is 128 cm³/mol. The molecule has 33 heavy (non-hydrogen) atoms. The Morgan fingerprint density at radius 2 is 1.88 bits per heavy atom. The predicted octanol–water partition coefficient (Wildman–Crippen LogP) is 6.02. The van der Waals surface area contributed by atoms with Crippen LogP contribution in [0.2, 0.25) is 5.02 Å². The molecule has 1 N–H and O–H groups in total. The van der Waals surface area contributed by atoms with Crippen molar-refractivity contribution in [2.75, 3.05) is 0 Å². The molecule has 4 rings (SSSR count). The van der Waals surface area contributed by atoms with Gasteiger partial charge in [0.2, 0.25) is 5.91 Å². The van der Waals surface area contributed by atoms with Crippen molar-refractivity contribution < 1.29 is 13.9 Å². The number of halogens is 2. The van der Waals surface area contributed by atoms with Gasteiger partial charge in [0.1, 0.15) is 17.7 Å². The Bertz CT molecular complexity index is 1320. The monoisotopic (exact) mass is 463 g/mol. The third kappa shape index (κ3) is 4.91. The number of ether oxygens (including phenoxy) is 1. The van der Waals surface area contributed by atoms with Crippen LogP contribution < -0.4 is 10.1 Å². The van der Waals surface area contributed by atoms with Gasteiger partial charge in [-0.15, -0.1) is 0 Å². The highest BCUT2D eigenvalue weighted by Crippen LogP contribution is 2.32. The van der Waals surface area contributed by atoms with Crippen molar-refractivity contribution in [3.63, 3.8) is 0 Å². The van der Waals surface area contributed by atoms with Crippen LogP contribution in [0, 0.1) is 5.82 Å². The Morgan fingerprint density at radius 1 is 1.15 bits per heavy atom. The molecule has 0 aliphatic rings. The zero-order valence-corrected chi connectivity index (χ0v) is 19.0. The Hall–Kier alpha value is -3.64. The minimum atomic E-state index is -0.536. The van der Waals surface area contributed by atoms with E-state index in [2.05, 4.69) is 17.0 Å². The van der Waals surface area contributed by atoms with E-state index in [4.69, 9.17) is 16.3 Å². The zero-order chi connectivity index (χ0) is 23.5. The van der Waals surface area contributed by atoms with Gasteiger partial charge in [0.15, 0.2) is 0 Å². The summed E-state index contributed by atoms with van der Waals surface area (Å²) < 4.78 is 21.4. The average Bonchev–Trinajstić information content (AvgIpc) is 3.21. The molecule has 168 valence electrons. The molecule has 0 spiro atoms. The quantitative estimate of drug-likeness (QED) is 0.341. The van der Waals surface area contributed by atoms with E-state index in [1.54, 1.807) is 36.0 Å². The van der Waals surface area contributed by atoms with Crippen LogP contribution in [0.4, 0.5) is 4.39 Å². The number of benzene rings is 3. The first-order chi connectivity index (χ1) is 15.8. The molecular weight excluding hydrogens is 441 g/mol. The van der Waals surface area contributed by atoms with Crippen LogP contribution in [0.25, 0.3) is 16.6 Å². The molecule has 0 unspecified atom stereocenters. The number of hydrogen-bond donors (Lipinski definition) is 1. The maximum Gasteiger partial charge on any atom is 0.246 e. The van der Waals surface area contributed by atoms with Gasteiger partial charge in [0, 0.05) is 21.5 Å². The average molecular weight is 464 g/mol. The molecule has 1 heterocycles. The van der Waals surface area contributed by atoms with E-state index >= 15 is 0 Å². The Kier molecular flexibility index (Phi) is 6.47. The van der Waals surface area contributed by atoms with Gasteiger partial charge in [0.25, 0.3) is 0 Å². The van der Waals surface area contributed by atoms with Crippen LogP contribution in [-0.2, 0) is 4.79 Å². The second-order valence-electron chi connectivity index (χ2n) is 7.86. The number of nitrogens with zero attached hydrogens (tertiary/aromatic N) is 2. The highest BCUT2D eigenvalue weighted by atomic mass is 35.5. The van der Waals surface area contributed by atoms with Crippen LogP contribution in [0.1, 0.15) is 25.5 Å².